The van der Waals surface area contributed by atoms with Crippen molar-refractivity contribution in [2.24, 2.45) is 0 Å². The molecule has 6 heteroatoms. The molecule has 0 bridgehead atoms. The van der Waals surface area contributed by atoms with Crippen molar-refractivity contribution in [3.63, 3.8) is 0 Å². The lowest BCUT2D eigenvalue weighted by molar-refractivity contribution is 0.568. The molecule has 100 valence electrons. The summed E-state index contributed by atoms with van der Waals surface area (Å²) < 4.78 is 6.01. The van der Waals surface area contributed by atoms with Gasteiger partial charge in [-0.05, 0) is 46.3 Å². The number of aromatic nitrogens is 3. The highest BCUT2D eigenvalue weighted by Gasteiger charge is 2.04. The Hall–Kier alpha value is -2.21. The van der Waals surface area contributed by atoms with Crippen molar-refractivity contribution < 1.29 is 4.42 Å². The zero-order valence-electron chi connectivity index (χ0n) is 10.5. The van der Waals surface area contributed by atoms with Crippen LogP contribution in [0, 0.1) is 0 Å². The molecule has 0 saturated heterocycles. The molecular weight excluding hydrogens is 320 g/mol. The van der Waals surface area contributed by atoms with E-state index in [1.54, 1.807) is 0 Å². The lowest BCUT2D eigenvalue weighted by Crippen LogP contribution is -2.01. The molecule has 0 saturated carbocycles. The van der Waals surface area contributed by atoms with E-state index in [0.29, 0.717) is 12.4 Å². The minimum absolute atomic E-state index is 0.509. The van der Waals surface area contributed by atoms with Crippen molar-refractivity contribution in [1.29, 1.82) is 0 Å². The van der Waals surface area contributed by atoms with Gasteiger partial charge < -0.3 is 9.73 Å². The van der Waals surface area contributed by atoms with E-state index in [2.05, 4.69) is 36.4 Å². The molecule has 0 aliphatic heterocycles. The van der Waals surface area contributed by atoms with Crippen LogP contribution in [-0.4, -0.2) is 15.2 Å². The predicted octanol–water partition coefficient (Wildman–Crippen LogP) is 3.51. The van der Waals surface area contributed by atoms with Crippen molar-refractivity contribution in [1.82, 2.24) is 15.2 Å². The van der Waals surface area contributed by atoms with E-state index >= 15 is 0 Å². The topological polar surface area (TPSA) is 63.8 Å². The summed E-state index contributed by atoms with van der Waals surface area (Å²) in [6, 6.07) is 13.7. The maximum atomic E-state index is 5.18. The van der Waals surface area contributed by atoms with Gasteiger partial charge in [-0.3, -0.25) is 0 Å². The average Bonchev–Trinajstić information content (AvgIpc) is 3.00. The summed E-state index contributed by atoms with van der Waals surface area (Å²) in [7, 11) is 0. The van der Waals surface area contributed by atoms with E-state index in [0.717, 1.165) is 21.5 Å². The Labute approximate surface area is 124 Å². The second kappa shape index (κ2) is 5.83. The van der Waals surface area contributed by atoms with E-state index in [9.17, 15) is 0 Å². The van der Waals surface area contributed by atoms with Crippen molar-refractivity contribution >= 4 is 21.6 Å². The number of hydrogen-bond acceptors (Lipinski definition) is 5. The molecule has 0 radical (unpaired) electrons. The largest absolute Gasteiger partial charge is 0.423 e. The maximum absolute atomic E-state index is 5.18. The summed E-state index contributed by atoms with van der Waals surface area (Å²) >= 11 is 3.36. The molecule has 3 rings (SSSR count). The Kier molecular flexibility index (Phi) is 3.73. The summed E-state index contributed by atoms with van der Waals surface area (Å²) in [6.45, 7) is 0.646. The van der Waals surface area contributed by atoms with Gasteiger partial charge in [0, 0.05) is 11.3 Å². The fourth-order valence-corrected chi connectivity index (χ4v) is 2.18. The third-order valence-electron chi connectivity index (χ3n) is 2.72. The number of nitrogens with zero attached hydrogens (tertiary/aromatic N) is 3. The second-order valence-corrected chi connectivity index (χ2v) is 4.94. The Balaban J connectivity index is 1.73. The quantitative estimate of drug-likeness (QED) is 0.741. The summed E-state index contributed by atoms with van der Waals surface area (Å²) in [4.78, 5) is 4.37. The first-order chi connectivity index (χ1) is 9.81. The van der Waals surface area contributed by atoms with Gasteiger partial charge in [0.1, 0.15) is 4.60 Å². The van der Waals surface area contributed by atoms with Gasteiger partial charge in [0.25, 0.3) is 0 Å². The van der Waals surface area contributed by atoms with Gasteiger partial charge >= 0.3 is 0 Å². The van der Waals surface area contributed by atoms with Gasteiger partial charge in [-0.2, -0.15) is 0 Å². The van der Waals surface area contributed by atoms with Crippen molar-refractivity contribution in [2.45, 2.75) is 6.54 Å². The number of rotatable bonds is 4. The zero-order valence-corrected chi connectivity index (χ0v) is 12.0. The summed E-state index contributed by atoms with van der Waals surface area (Å²) in [5.74, 6) is 0.509. The molecular formula is C14H11BrN4O. The fraction of sp³-hybridized carbons (Fsp3) is 0.0714. The molecule has 20 heavy (non-hydrogen) atoms. The second-order valence-electron chi connectivity index (χ2n) is 4.13. The van der Waals surface area contributed by atoms with Crippen LogP contribution >= 0.6 is 15.9 Å². The van der Waals surface area contributed by atoms with Crippen LogP contribution in [0.3, 0.4) is 0 Å². The monoisotopic (exact) mass is 330 g/mol. The number of benzene rings is 1. The zero-order chi connectivity index (χ0) is 13.8. The normalized spacial score (nSPS) is 10.4. The summed E-state index contributed by atoms with van der Waals surface area (Å²) in [6.07, 6.45) is 1.32. The number of halogens is 1. The van der Waals surface area contributed by atoms with Crippen LogP contribution in [-0.2, 0) is 6.54 Å². The molecule has 1 aromatic carbocycles. The van der Waals surface area contributed by atoms with Gasteiger partial charge in [-0.25, -0.2) is 4.98 Å². The third kappa shape index (κ3) is 3.03. The summed E-state index contributed by atoms with van der Waals surface area (Å²) in [5, 5.41) is 10.9. The van der Waals surface area contributed by atoms with Gasteiger partial charge in [-0.15, -0.1) is 10.2 Å². The lowest BCUT2D eigenvalue weighted by Gasteiger charge is -2.07. The van der Waals surface area contributed by atoms with Gasteiger partial charge in [-0.1, -0.05) is 12.1 Å². The highest BCUT2D eigenvalue weighted by molar-refractivity contribution is 9.10. The molecule has 2 aromatic heterocycles. The van der Waals surface area contributed by atoms with Crippen molar-refractivity contribution in [2.75, 3.05) is 5.32 Å². The van der Waals surface area contributed by atoms with Crippen LogP contribution < -0.4 is 5.32 Å². The maximum Gasteiger partial charge on any atom is 0.247 e. The van der Waals surface area contributed by atoms with Gasteiger partial charge in [0.05, 0.1) is 12.2 Å². The first-order valence-electron chi connectivity index (χ1n) is 6.03. The van der Waals surface area contributed by atoms with Crippen LogP contribution in [0.4, 0.5) is 5.69 Å². The minimum atomic E-state index is 0.509. The molecule has 0 aliphatic carbocycles. The number of nitrogens with one attached hydrogen (secondary N) is 1. The third-order valence-corrected chi connectivity index (χ3v) is 3.16. The number of pyridine rings is 1. The molecule has 0 unspecified atom stereocenters. The SMILES string of the molecule is Brc1cccc(CNc2cccc(-c3nnco3)c2)n1. The molecule has 3 aromatic rings. The fourth-order valence-electron chi connectivity index (χ4n) is 1.80. The van der Waals surface area contributed by atoms with Crippen molar-refractivity contribution in [3.8, 4) is 11.5 Å². The molecule has 0 aliphatic rings. The summed E-state index contributed by atoms with van der Waals surface area (Å²) in [5.41, 5.74) is 2.82. The predicted molar refractivity (Wildman–Crippen MR) is 79.0 cm³/mol. The van der Waals surface area contributed by atoms with E-state index < -0.39 is 0 Å². The van der Waals surface area contributed by atoms with Crippen LogP contribution in [0.15, 0.2) is 57.9 Å². The number of hydrogen-bond donors (Lipinski definition) is 1. The lowest BCUT2D eigenvalue weighted by atomic mass is 10.2. The minimum Gasteiger partial charge on any atom is -0.423 e. The van der Waals surface area contributed by atoms with Crippen LogP contribution in [0.2, 0.25) is 0 Å². The Bertz CT molecular complexity index is 700. The van der Waals surface area contributed by atoms with E-state index in [1.165, 1.54) is 6.39 Å². The Morgan fingerprint density at radius 1 is 1.15 bits per heavy atom. The first-order valence-corrected chi connectivity index (χ1v) is 6.82. The van der Waals surface area contributed by atoms with Crippen LogP contribution in [0.5, 0.6) is 0 Å². The number of anilines is 1. The van der Waals surface area contributed by atoms with Crippen molar-refractivity contribution in [3.05, 3.63) is 59.2 Å². The molecule has 0 atom stereocenters. The molecule has 5 nitrogen and oxygen atoms in total. The van der Waals surface area contributed by atoms with E-state index in [1.807, 2.05) is 42.5 Å². The Morgan fingerprint density at radius 3 is 2.85 bits per heavy atom. The molecule has 0 fully saturated rings. The average molecular weight is 331 g/mol. The molecule has 0 spiro atoms. The van der Waals surface area contributed by atoms with Crippen LogP contribution in [0.25, 0.3) is 11.5 Å². The smallest absolute Gasteiger partial charge is 0.247 e. The molecule has 1 N–H and O–H groups in total. The molecule has 0 amide bonds. The highest BCUT2D eigenvalue weighted by atomic mass is 79.9. The first kappa shape index (κ1) is 12.8. The highest BCUT2D eigenvalue weighted by Crippen LogP contribution is 2.20. The Morgan fingerprint density at radius 2 is 2.05 bits per heavy atom. The van der Waals surface area contributed by atoms with Crippen LogP contribution in [0.1, 0.15) is 5.69 Å². The van der Waals surface area contributed by atoms with E-state index in [-0.39, 0.29) is 0 Å². The van der Waals surface area contributed by atoms with Gasteiger partial charge in [0.2, 0.25) is 12.3 Å². The molecule has 2 heterocycles. The van der Waals surface area contributed by atoms with E-state index in [4.69, 9.17) is 4.42 Å². The van der Waals surface area contributed by atoms with Gasteiger partial charge in [0.15, 0.2) is 0 Å². The standard InChI is InChI=1S/C14H11BrN4O/c15-13-6-2-5-12(18-13)8-16-11-4-1-3-10(7-11)14-19-17-9-20-14/h1-7,9,16H,8H2.